The van der Waals surface area contributed by atoms with Gasteiger partial charge in [-0.2, -0.15) is 0 Å². The lowest BCUT2D eigenvalue weighted by Crippen LogP contribution is -2.64. The van der Waals surface area contributed by atoms with E-state index in [2.05, 4.69) is 0 Å². The van der Waals surface area contributed by atoms with Crippen LogP contribution in [0, 0.1) is 0 Å². The molecule has 36 nitrogen and oxygen atoms in total. The van der Waals surface area contributed by atoms with Crippen LogP contribution >= 0.6 is 0 Å². The topological polar surface area (TPSA) is 536 Å². The van der Waals surface area contributed by atoms with E-state index < -0.39 is 243 Å². The van der Waals surface area contributed by atoms with Crippen LogP contribution in [0.5, 0.6) is 0 Å². The molecule has 450 valence electrons. The maximum atomic E-state index is 11.6. The predicted molar refractivity (Wildman–Crippen MR) is 233 cm³/mol. The number of carbonyl (C=O) groups is 5. The van der Waals surface area contributed by atoms with Gasteiger partial charge in [0.25, 0.3) is 0 Å². The fourth-order valence-corrected chi connectivity index (χ4v) is 8.69. The zero-order chi connectivity index (χ0) is 57.7. The van der Waals surface area contributed by atoms with Crippen molar-refractivity contribution < 1.29 is 176 Å². The number of hydrogen-bond acceptors (Lipinski definition) is 31. The van der Waals surface area contributed by atoms with Crippen LogP contribution in [-0.2, 0) is 99.8 Å². The number of aliphatic hydroxyl groups excluding tert-OH is 10. The highest BCUT2D eigenvalue weighted by Gasteiger charge is 2.54. The van der Waals surface area contributed by atoms with Gasteiger partial charge in [0, 0.05) is 14.2 Å². The lowest BCUT2D eigenvalue weighted by Gasteiger charge is -2.46. The maximum Gasteiger partial charge on any atom is 0.329 e. The molecule has 0 spiro atoms. The third kappa shape index (κ3) is 17.2. The monoisotopic (exact) mass is 1150 g/mol. The van der Waals surface area contributed by atoms with Crippen molar-refractivity contribution >= 4 is 29.8 Å². The van der Waals surface area contributed by atoms with Crippen LogP contribution in [0.4, 0.5) is 0 Å². The number of methoxy groups -OCH3 is 2. The molecule has 36 heteroatoms. The Kier molecular flexibility index (Phi) is 25.4. The second-order valence-corrected chi connectivity index (χ2v) is 18.0. The molecule has 0 aromatic heterocycles. The number of aliphatic hydroxyl groups is 10. The van der Waals surface area contributed by atoms with Crippen molar-refractivity contribution in [1.29, 1.82) is 0 Å². The van der Waals surface area contributed by atoms with Crippen LogP contribution in [0.3, 0.4) is 0 Å². The number of carboxylic acids is 5. The smallest absolute Gasteiger partial charge is 0.329 e. The largest absolute Gasteiger partial charge is 0.480 e. The van der Waals surface area contributed by atoms with Gasteiger partial charge in [0.2, 0.25) is 0 Å². The summed E-state index contributed by atoms with van der Waals surface area (Å²) in [4.78, 5) is 56.8. The Morgan fingerprint density at radius 1 is 0.295 bits per heavy atom. The normalized spacial score (nSPS) is 41.3. The van der Waals surface area contributed by atoms with E-state index in [4.69, 9.17) is 86.0 Å². The summed E-state index contributed by atoms with van der Waals surface area (Å²) >= 11 is 0. The summed E-state index contributed by atoms with van der Waals surface area (Å²) in [5.74, 6) is -7.53. The average molecular weight is 1150 g/mol. The van der Waals surface area contributed by atoms with E-state index in [0.29, 0.717) is 0 Å². The van der Waals surface area contributed by atoms with Crippen molar-refractivity contribution in [2.45, 2.75) is 154 Å². The molecule has 0 bridgehead atoms. The van der Waals surface area contributed by atoms with Gasteiger partial charge in [-0.15, -0.1) is 0 Å². The molecule has 25 atom stereocenters. The summed E-state index contributed by atoms with van der Waals surface area (Å²) < 4.78 is 87.6. The first-order valence-electron chi connectivity index (χ1n) is 23.6. The molecule has 0 saturated carbocycles. The van der Waals surface area contributed by atoms with E-state index in [0.717, 1.165) is 7.11 Å². The first-order valence-corrected chi connectivity index (χ1v) is 23.6. The van der Waals surface area contributed by atoms with Crippen LogP contribution < -0.4 is 0 Å². The molecule has 5 saturated heterocycles. The fourth-order valence-electron chi connectivity index (χ4n) is 8.69. The van der Waals surface area contributed by atoms with Gasteiger partial charge in [0.1, 0.15) is 155 Å². The van der Waals surface area contributed by atoms with Gasteiger partial charge >= 0.3 is 29.8 Å². The minimum absolute atomic E-state index is 0.324. The minimum Gasteiger partial charge on any atom is -0.480 e. The molecule has 78 heavy (non-hydrogen) atoms. The van der Waals surface area contributed by atoms with Crippen molar-refractivity contribution in [1.82, 2.24) is 0 Å². The lowest BCUT2D eigenvalue weighted by molar-refractivity contribution is -0.354. The van der Waals surface area contributed by atoms with Crippen LogP contribution in [0.1, 0.15) is 0 Å². The maximum absolute atomic E-state index is 11.6. The SMILES string of the molecule is COCC1OC(OCC2OC(OCC3OC(OCC4OC(OCC5OC(OC)C(OCC(=O)O)C(O)C5O)C(O)C(OCC(=O)O)C4O)C(O)C(O)C3OCC(=O)O)C(O)C(O)C2OCC(=O)O)C(O)C(OCC(=O)O)C1O. The Balaban J connectivity index is 1.30. The molecule has 0 radical (unpaired) electrons. The van der Waals surface area contributed by atoms with E-state index in [1.807, 2.05) is 0 Å². The molecule has 5 heterocycles. The quantitative estimate of drug-likeness (QED) is 0.0318. The van der Waals surface area contributed by atoms with Gasteiger partial charge in [-0.3, -0.25) is 0 Å². The number of hydrogen-bond donors (Lipinski definition) is 15. The van der Waals surface area contributed by atoms with Gasteiger partial charge in [0.15, 0.2) is 31.5 Å². The summed E-state index contributed by atoms with van der Waals surface area (Å²) in [7, 11) is 2.35. The molecule has 0 aliphatic carbocycles. The highest BCUT2D eigenvalue weighted by molar-refractivity contribution is 5.69. The van der Waals surface area contributed by atoms with Gasteiger partial charge in [-0.25, -0.2) is 24.0 Å². The molecule has 25 unspecified atom stereocenters. The Bertz CT molecular complexity index is 1900. The van der Waals surface area contributed by atoms with Crippen molar-refractivity contribution in [3.63, 3.8) is 0 Å². The third-order valence-electron chi connectivity index (χ3n) is 12.5. The van der Waals surface area contributed by atoms with Crippen LogP contribution in [-0.4, -0.2) is 340 Å². The van der Waals surface area contributed by atoms with Crippen LogP contribution in [0.25, 0.3) is 0 Å². The fraction of sp³-hybridized carbons (Fsp3) is 0.881. The molecule has 0 amide bonds. The van der Waals surface area contributed by atoms with Crippen molar-refractivity contribution in [3.8, 4) is 0 Å². The molecular weight excluding hydrogens is 1080 g/mol. The van der Waals surface area contributed by atoms with Crippen LogP contribution in [0.15, 0.2) is 0 Å². The first-order chi connectivity index (χ1) is 36.9. The zero-order valence-electron chi connectivity index (χ0n) is 41.3. The van der Waals surface area contributed by atoms with E-state index in [9.17, 15) is 90.4 Å². The standard InChI is InChI=1S/C42H66O36/c1-63-3-13-24(54)35(67-10-20(47)48)31(61)41(74-13)73-7-17-34(66-9-19(45)46)28(58)30(60)39(78-17)72-6-16-33(65-8-18(43)44)27(57)29(59)38(77-16)70-5-15-25(55)36(68-11-21(49)50)32(62)40(75-15)71-4-14-23(53)26(56)37(42(64-2)76-14)69-12-22(51)52/h13-17,23-42,53-62H,3-12H2,1-2H3,(H,43,44)(H,45,46)(H,47,48)(H,49,50)(H,51,52). The lowest BCUT2D eigenvalue weighted by atomic mass is 9.97. The number of aliphatic carboxylic acids is 5. The molecule has 0 aromatic carbocycles. The summed E-state index contributed by atoms with van der Waals surface area (Å²) in [6.45, 7) is -8.84. The van der Waals surface area contributed by atoms with Gasteiger partial charge in [-0.1, -0.05) is 0 Å². The highest BCUT2D eigenvalue weighted by Crippen LogP contribution is 2.33. The van der Waals surface area contributed by atoms with Gasteiger partial charge in [-0.05, 0) is 0 Å². The summed E-state index contributed by atoms with van der Waals surface area (Å²) in [5, 5.41) is 156. The van der Waals surface area contributed by atoms with Gasteiger partial charge < -0.3 is 152 Å². The molecule has 15 N–H and O–H groups in total. The van der Waals surface area contributed by atoms with Crippen molar-refractivity contribution in [3.05, 3.63) is 0 Å². The second-order valence-electron chi connectivity index (χ2n) is 18.0. The molecule has 5 rings (SSSR count). The average Bonchev–Trinajstić information content (AvgIpc) is 3.41. The molecule has 5 fully saturated rings. The molecule has 5 aliphatic heterocycles. The predicted octanol–water partition coefficient (Wildman–Crippen LogP) is -10.1. The van der Waals surface area contributed by atoms with E-state index >= 15 is 0 Å². The summed E-state index contributed by atoms with van der Waals surface area (Å²) in [6, 6.07) is 0. The number of carboxylic acid groups (broad SMARTS) is 5. The summed E-state index contributed by atoms with van der Waals surface area (Å²) in [6.07, 6.45) is -45.1. The van der Waals surface area contributed by atoms with Crippen molar-refractivity contribution in [2.75, 3.05) is 80.3 Å². The Hall–Kier alpha value is -3.69. The van der Waals surface area contributed by atoms with E-state index in [-0.39, 0.29) is 6.61 Å². The third-order valence-corrected chi connectivity index (χ3v) is 12.5. The molecule has 0 aromatic rings. The highest BCUT2D eigenvalue weighted by atomic mass is 16.8. The Labute approximate surface area is 439 Å². The van der Waals surface area contributed by atoms with E-state index in [1.54, 1.807) is 0 Å². The zero-order valence-corrected chi connectivity index (χ0v) is 41.3. The van der Waals surface area contributed by atoms with Crippen molar-refractivity contribution in [2.24, 2.45) is 0 Å². The summed E-state index contributed by atoms with van der Waals surface area (Å²) in [5.41, 5.74) is 0. The molecular formula is C42H66O36. The molecule has 5 aliphatic rings. The first kappa shape index (κ1) is 65.1. The Morgan fingerprint density at radius 3 is 0.910 bits per heavy atom. The van der Waals surface area contributed by atoms with Crippen LogP contribution in [0.2, 0.25) is 0 Å². The Morgan fingerprint density at radius 2 is 0.564 bits per heavy atom. The second kappa shape index (κ2) is 30.4. The van der Waals surface area contributed by atoms with E-state index in [1.165, 1.54) is 7.11 Å². The number of ether oxygens (including phenoxy) is 16. The number of rotatable bonds is 30. The van der Waals surface area contributed by atoms with Gasteiger partial charge in [0.05, 0.1) is 33.0 Å². The minimum atomic E-state index is -2.13.